The lowest BCUT2D eigenvalue weighted by Gasteiger charge is -2.07. The Hall–Kier alpha value is -1.85. The van der Waals surface area contributed by atoms with Crippen LogP contribution < -0.4 is 10.6 Å². The van der Waals surface area contributed by atoms with Crippen LogP contribution in [0.15, 0.2) is 58.7 Å². The van der Waals surface area contributed by atoms with Gasteiger partial charge in [0.15, 0.2) is 0 Å². The molecule has 2 aromatic rings. The number of benzene rings is 2. The van der Waals surface area contributed by atoms with Gasteiger partial charge in [0.1, 0.15) is 11.6 Å². The van der Waals surface area contributed by atoms with E-state index < -0.39 is 5.91 Å². The van der Waals surface area contributed by atoms with Gasteiger partial charge in [0, 0.05) is 25.6 Å². The summed E-state index contributed by atoms with van der Waals surface area (Å²) in [5.41, 5.74) is 2.53. The van der Waals surface area contributed by atoms with Gasteiger partial charge in [0.05, 0.1) is 0 Å². The molecule has 0 saturated carbocycles. The molecule has 23 heavy (non-hydrogen) atoms. The third-order valence-corrected chi connectivity index (χ3v) is 4.23. The Balaban J connectivity index is 2.10. The lowest BCUT2D eigenvalue weighted by atomic mass is 10.2. The van der Waals surface area contributed by atoms with E-state index in [4.69, 9.17) is 0 Å². The van der Waals surface area contributed by atoms with Crippen molar-refractivity contribution in [2.45, 2.75) is 6.92 Å². The van der Waals surface area contributed by atoms with Crippen molar-refractivity contribution in [2.24, 2.45) is 0 Å². The van der Waals surface area contributed by atoms with Gasteiger partial charge in [-0.2, -0.15) is 5.26 Å². The molecule has 2 N–H and O–H groups in total. The van der Waals surface area contributed by atoms with Crippen molar-refractivity contribution in [1.29, 1.82) is 5.26 Å². The highest BCUT2D eigenvalue weighted by Gasteiger charge is 2.09. The summed E-state index contributed by atoms with van der Waals surface area (Å²) in [6.45, 7) is 1.96. The molecule has 0 aliphatic rings. The quantitative estimate of drug-likeness (QED) is 0.374. The summed E-state index contributed by atoms with van der Waals surface area (Å²) in [5, 5.41) is 14.9. The normalized spacial score (nSPS) is 10.8. The van der Waals surface area contributed by atoms with Crippen LogP contribution in [0.25, 0.3) is 0 Å². The van der Waals surface area contributed by atoms with Gasteiger partial charge in [-0.15, -0.1) is 0 Å². The maximum Gasteiger partial charge on any atom is 0.267 e. The maximum atomic E-state index is 12.1. The van der Waals surface area contributed by atoms with E-state index in [2.05, 4.69) is 49.2 Å². The largest absolute Gasteiger partial charge is 0.360 e. The van der Waals surface area contributed by atoms with E-state index in [0.29, 0.717) is 5.69 Å². The first kappa shape index (κ1) is 17.5. The first-order valence-corrected chi connectivity index (χ1v) is 8.56. The fraction of sp³-hybridized carbons (Fsp3) is 0.0588. The van der Waals surface area contributed by atoms with Crippen LogP contribution in [-0.4, -0.2) is 5.91 Å². The predicted octanol–water partition coefficient (Wildman–Crippen LogP) is 4.82. The number of amides is 1. The van der Waals surface area contributed by atoms with Gasteiger partial charge in [-0.05, 0) is 77.5 Å². The molecule has 0 aliphatic heterocycles. The van der Waals surface area contributed by atoms with Crippen LogP contribution >= 0.6 is 38.5 Å². The fourth-order valence-corrected chi connectivity index (χ4v) is 2.73. The molecule has 0 aromatic heterocycles. The Bertz CT molecular complexity index is 794. The number of hydrogen-bond donors (Lipinski definition) is 2. The summed E-state index contributed by atoms with van der Waals surface area (Å²) in [6.07, 6.45) is 1.42. The Morgan fingerprint density at radius 3 is 2.57 bits per heavy atom. The molecule has 2 aromatic carbocycles. The Morgan fingerprint density at radius 1 is 1.26 bits per heavy atom. The average molecular weight is 482 g/mol. The van der Waals surface area contributed by atoms with E-state index >= 15 is 0 Å². The van der Waals surface area contributed by atoms with Crippen molar-refractivity contribution < 1.29 is 4.79 Å². The summed E-state index contributed by atoms with van der Waals surface area (Å²) in [7, 11) is 0. The van der Waals surface area contributed by atoms with Crippen molar-refractivity contribution in [3.63, 3.8) is 0 Å². The molecule has 0 heterocycles. The second kappa shape index (κ2) is 8.13. The summed E-state index contributed by atoms with van der Waals surface area (Å²) >= 11 is 5.56. The summed E-state index contributed by atoms with van der Waals surface area (Å²) in [4.78, 5) is 12.1. The molecule has 6 heteroatoms. The van der Waals surface area contributed by atoms with Crippen molar-refractivity contribution in [3.05, 3.63) is 67.8 Å². The van der Waals surface area contributed by atoms with Crippen molar-refractivity contribution in [3.8, 4) is 6.07 Å². The van der Waals surface area contributed by atoms with Crippen LogP contribution in [0.5, 0.6) is 0 Å². The molecule has 0 saturated heterocycles. The van der Waals surface area contributed by atoms with Crippen molar-refractivity contribution >= 4 is 55.8 Å². The molecule has 0 fully saturated rings. The summed E-state index contributed by atoms with van der Waals surface area (Å²) in [6, 6.07) is 14.9. The zero-order valence-corrected chi connectivity index (χ0v) is 16.0. The predicted molar refractivity (Wildman–Crippen MR) is 104 cm³/mol. The van der Waals surface area contributed by atoms with Gasteiger partial charge in [-0.1, -0.05) is 15.9 Å². The van der Waals surface area contributed by atoms with Gasteiger partial charge in [-0.3, -0.25) is 4.79 Å². The number of aryl methyl sites for hydroxylation is 1. The topological polar surface area (TPSA) is 64.9 Å². The second-order valence-electron chi connectivity index (χ2n) is 4.73. The first-order valence-electron chi connectivity index (χ1n) is 6.69. The third-order valence-electron chi connectivity index (χ3n) is 3.03. The van der Waals surface area contributed by atoms with E-state index in [9.17, 15) is 10.1 Å². The number of hydrogen-bond acceptors (Lipinski definition) is 3. The molecule has 0 bridgehead atoms. The molecule has 0 unspecified atom stereocenters. The van der Waals surface area contributed by atoms with Crippen molar-refractivity contribution in [2.75, 3.05) is 10.6 Å². The number of rotatable bonds is 4. The number of nitrogens with one attached hydrogen (secondary N) is 2. The lowest BCUT2D eigenvalue weighted by molar-refractivity contribution is -0.112. The smallest absolute Gasteiger partial charge is 0.267 e. The Morgan fingerprint density at radius 2 is 1.96 bits per heavy atom. The van der Waals surface area contributed by atoms with Crippen LogP contribution in [0.1, 0.15) is 5.56 Å². The van der Waals surface area contributed by atoms with Gasteiger partial charge < -0.3 is 10.6 Å². The number of carbonyl (C=O) groups is 1. The zero-order valence-electron chi connectivity index (χ0n) is 12.2. The Labute approximate surface area is 156 Å². The fourth-order valence-electron chi connectivity index (χ4n) is 1.82. The van der Waals surface area contributed by atoms with Crippen LogP contribution in [0.3, 0.4) is 0 Å². The molecule has 4 nitrogen and oxygen atoms in total. The monoisotopic (exact) mass is 481 g/mol. The second-order valence-corrected chi connectivity index (χ2v) is 6.90. The van der Waals surface area contributed by atoms with Crippen LogP contribution in [0, 0.1) is 21.8 Å². The SMILES string of the molecule is Cc1cc(I)ccc1N/C=C(/C#N)C(=O)Nc1ccc(Br)cc1. The number of anilines is 2. The van der Waals surface area contributed by atoms with Gasteiger partial charge in [0.25, 0.3) is 5.91 Å². The Kier molecular flexibility index (Phi) is 6.19. The molecule has 0 atom stereocenters. The summed E-state index contributed by atoms with van der Waals surface area (Å²) in [5.74, 6) is -0.453. The number of carbonyl (C=O) groups excluding carboxylic acids is 1. The molecule has 1 amide bonds. The van der Waals surface area contributed by atoms with E-state index in [1.807, 2.05) is 43.3 Å². The first-order chi connectivity index (χ1) is 11.0. The van der Waals surface area contributed by atoms with E-state index in [1.54, 1.807) is 12.1 Å². The maximum absolute atomic E-state index is 12.1. The standard InChI is InChI=1S/C17H13BrIN3O/c1-11-8-14(19)4-7-16(11)21-10-12(9-20)17(23)22-15-5-2-13(18)3-6-15/h2-8,10,21H,1H3,(H,22,23)/b12-10-. The van der Waals surface area contributed by atoms with Crippen LogP contribution in [0.2, 0.25) is 0 Å². The number of halogens is 2. The summed E-state index contributed by atoms with van der Waals surface area (Å²) < 4.78 is 2.05. The highest BCUT2D eigenvalue weighted by Crippen LogP contribution is 2.18. The minimum Gasteiger partial charge on any atom is -0.360 e. The molecule has 116 valence electrons. The van der Waals surface area contributed by atoms with Gasteiger partial charge in [-0.25, -0.2) is 0 Å². The van der Waals surface area contributed by atoms with Gasteiger partial charge in [0.2, 0.25) is 0 Å². The molecule has 0 spiro atoms. The third kappa shape index (κ3) is 5.08. The van der Waals surface area contributed by atoms with Gasteiger partial charge >= 0.3 is 0 Å². The molecular weight excluding hydrogens is 469 g/mol. The van der Waals surface area contributed by atoms with Crippen molar-refractivity contribution in [1.82, 2.24) is 0 Å². The van der Waals surface area contributed by atoms with E-state index in [1.165, 1.54) is 6.20 Å². The molecule has 0 radical (unpaired) electrons. The highest BCUT2D eigenvalue weighted by atomic mass is 127. The zero-order chi connectivity index (χ0) is 16.8. The molecular formula is C17H13BrIN3O. The van der Waals surface area contributed by atoms with E-state index in [-0.39, 0.29) is 5.57 Å². The number of nitrogens with zero attached hydrogens (tertiary/aromatic N) is 1. The lowest BCUT2D eigenvalue weighted by Crippen LogP contribution is -2.14. The number of nitriles is 1. The van der Waals surface area contributed by atoms with E-state index in [0.717, 1.165) is 19.3 Å². The van der Waals surface area contributed by atoms with Crippen LogP contribution in [-0.2, 0) is 4.79 Å². The van der Waals surface area contributed by atoms with Crippen LogP contribution in [0.4, 0.5) is 11.4 Å². The molecule has 2 rings (SSSR count). The average Bonchev–Trinajstić information content (AvgIpc) is 2.52. The molecule has 0 aliphatic carbocycles. The minimum atomic E-state index is -0.453. The minimum absolute atomic E-state index is 0.00543. The highest BCUT2D eigenvalue weighted by molar-refractivity contribution is 14.1.